The number of rotatable bonds is 7. The summed E-state index contributed by atoms with van der Waals surface area (Å²) in [6.07, 6.45) is -7.24. The molecule has 0 aromatic heterocycles. The fourth-order valence-electron chi connectivity index (χ4n) is 2.46. The number of hydrogen-bond donors (Lipinski definition) is 7. The molecule has 1 aliphatic rings. The van der Waals surface area contributed by atoms with Crippen LogP contribution in [0.2, 0.25) is 0 Å². The number of aliphatic hydroxyl groups is 2. The van der Waals surface area contributed by atoms with Crippen LogP contribution in [0.5, 0.6) is 0 Å². The Hall–Kier alpha value is -0.810. The van der Waals surface area contributed by atoms with Crippen molar-refractivity contribution in [1.82, 2.24) is 0 Å². The molecule has 0 saturated carbocycles. The van der Waals surface area contributed by atoms with E-state index in [9.17, 15) is 34.3 Å². The first-order valence-electron chi connectivity index (χ1n) is 7.26. The summed E-state index contributed by atoms with van der Waals surface area (Å²) in [6.45, 7) is -0.0605. The van der Waals surface area contributed by atoms with Gasteiger partial charge in [-0.25, -0.2) is 0 Å². The number of carbonyl (C=O) groups is 1. The highest BCUT2D eigenvalue weighted by atomic mass is 31.3. The first-order valence-corrected chi connectivity index (χ1v) is 10.7. The Morgan fingerprint density at radius 2 is 1.73 bits per heavy atom. The van der Waals surface area contributed by atoms with Crippen molar-refractivity contribution < 1.29 is 53.5 Å². The number of benzene rings is 1. The Balaban J connectivity index is 2.12. The highest BCUT2D eigenvalue weighted by Gasteiger charge is 2.63. The summed E-state index contributed by atoms with van der Waals surface area (Å²) in [7, 11) is -10.8. The average molecular weight is 413 g/mol. The molecular formula is C13H19O11P2+. The second-order valence-electron chi connectivity index (χ2n) is 5.68. The molecule has 1 aliphatic heterocycles. The SMILES string of the molecule is O=C(C(P(=O)(O)O)[P+](O)(O)O)[C@H]1O[C@H](OCc2ccccc2)[C@H](O)[C@@H]1O. The standard InChI is InChI=1S/C13H18O11P2/c14-8-9(15)12(23-6-7-4-2-1-3-5-7)24-11(8)10(16)13(25(17,18)19)26(20,21)22/h1-5,8-9,11-15,17-19H,6H2,(H-,20,21,22)/p+1/t8-,9+,11-,12-,13?/m0/s1. The monoisotopic (exact) mass is 413 g/mol. The van der Waals surface area contributed by atoms with E-state index in [1.54, 1.807) is 30.3 Å². The molecule has 0 amide bonds. The van der Waals surface area contributed by atoms with Crippen molar-refractivity contribution in [3.8, 4) is 0 Å². The van der Waals surface area contributed by atoms with Crippen molar-refractivity contribution in [1.29, 1.82) is 0 Å². The van der Waals surface area contributed by atoms with Gasteiger partial charge in [0.15, 0.2) is 12.4 Å². The van der Waals surface area contributed by atoms with E-state index in [0.29, 0.717) is 5.56 Å². The van der Waals surface area contributed by atoms with E-state index in [1.807, 2.05) is 0 Å². The van der Waals surface area contributed by atoms with Crippen molar-refractivity contribution in [2.24, 2.45) is 0 Å². The second kappa shape index (κ2) is 8.05. The number of ketones is 1. The fourth-order valence-corrected chi connectivity index (χ4v) is 5.04. The summed E-state index contributed by atoms with van der Waals surface area (Å²) in [6, 6.07) is 8.62. The minimum absolute atomic E-state index is 0.0605. The van der Waals surface area contributed by atoms with Gasteiger partial charge in [0.2, 0.25) is 5.78 Å². The van der Waals surface area contributed by atoms with Crippen LogP contribution in [-0.4, -0.2) is 70.5 Å². The zero-order valence-electron chi connectivity index (χ0n) is 13.1. The van der Waals surface area contributed by atoms with Gasteiger partial charge in [0, 0.05) is 0 Å². The molecule has 0 radical (unpaired) electrons. The van der Waals surface area contributed by atoms with Crippen LogP contribution in [0, 0.1) is 0 Å². The minimum atomic E-state index is -5.50. The number of aliphatic hydroxyl groups excluding tert-OH is 2. The Kier molecular flexibility index (Phi) is 6.66. The molecular weight excluding hydrogens is 394 g/mol. The number of ether oxygens (including phenoxy) is 2. The highest BCUT2D eigenvalue weighted by Crippen LogP contribution is 2.65. The van der Waals surface area contributed by atoms with Crippen LogP contribution in [0.25, 0.3) is 0 Å². The third-order valence-electron chi connectivity index (χ3n) is 3.66. The summed E-state index contributed by atoms with van der Waals surface area (Å²) in [5.41, 5.74) is 0.687. The molecule has 0 bridgehead atoms. The van der Waals surface area contributed by atoms with E-state index in [1.165, 1.54) is 0 Å². The highest BCUT2D eigenvalue weighted by molar-refractivity contribution is 7.76. The van der Waals surface area contributed by atoms with E-state index >= 15 is 0 Å². The second-order valence-corrected chi connectivity index (χ2v) is 9.53. The maximum atomic E-state index is 12.2. The van der Waals surface area contributed by atoms with Crippen LogP contribution < -0.4 is 0 Å². The first-order chi connectivity index (χ1) is 11.9. The van der Waals surface area contributed by atoms with Crippen LogP contribution in [0.3, 0.4) is 0 Å². The summed E-state index contributed by atoms with van der Waals surface area (Å²) in [5.74, 6) is -1.66. The Bertz CT molecular complexity index is 670. The predicted octanol–water partition coefficient (Wildman–Crippen LogP) is -1.54. The Morgan fingerprint density at radius 3 is 2.23 bits per heavy atom. The zero-order valence-corrected chi connectivity index (χ0v) is 14.9. The topological polar surface area (TPSA) is 194 Å². The minimum Gasteiger partial charge on any atom is -0.387 e. The lowest BCUT2D eigenvalue weighted by Crippen LogP contribution is -2.42. The van der Waals surface area contributed by atoms with Gasteiger partial charge in [-0.15, -0.1) is 0 Å². The van der Waals surface area contributed by atoms with Crippen molar-refractivity contribution in [2.45, 2.75) is 36.6 Å². The summed E-state index contributed by atoms with van der Waals surface area (Å²) < 4.78 is 21.6. The van der Waals surface area contributed by atoms with E-state index in [0.717, 1.165) is 0 Å². The van der Waals surface area contributed by atoms with Crippen molar-refractivity contribution in [3.05, 3.63) is 35.9 Å². The van der Waals surface area contributed by atoms with Gasteiger partial charge in [-0.05, 0) is 5.56 Å². The average Bonchev–Trinajstić information content (AvgIpc) is 2.79. The van der Waals surface area contributed by atoms with Crippen LogP contribution in [0.4, 0.5) is 0 Å². The van der Waals surface area contributed by atoms with E-state index < -0.39 is 51.3 Å². The Morgan fingerprint density at radius 1 is 1.15 bits per heavy atom. The van der Waals surface area contributed by atoms with Crippen molar-refractivity contribution in [3.63, 3.8) is 0 Å². The zero-order chi connectivity index (χ0) is 19.7. The lowest BCUT2D eigenvalue weighted by Gasteiger charge is -2.21. The molecule has 2 rings (SSSR count). The van der Waals surface area contributed by atoms with Crippen LogP contribution in [0.15, 0.2) is 30.3 Å². The first kappa shape index (κ1) is 21.5. The van der Waals surface area contributed by atoms with Gasteiger partial charge in [-0.3, -0.25) is 9.36 Å². The van der Waals surface area contributed by atoms with Crippen molar-refractivity contribution in [2.75, 3.05) is 0 Å². The van der Waals surface area contributed by atoms with Gasteiger partial charge in [0.1, 0.15) is 12.2 Å². The van der Waals surface area contributed by atoms with Gasteiger partial charge >= 0.3 is 20.9 Å². The lowest BCUT2D eigenvalue weighted by atomic mass is 10.1. The molecule has 146 valence electrons. The fraction of sp³-hybridized carbons (Fsp3) is 0.462. The molecule has 26 heavy (non-hydrogen) atoms. The number of Topliss-reactive ketones (excluding diaryl/α,β-unsaturated/α-hetero) is 1. The van der Waals surface area contributed by atoms with Gasteiger partial charge in [-0.2, -0.15) is 14.7 Å². The molecule has 13 heteroatoms. The number of carbonyl (C=O) groups excluding carboxylic acids is 1. The maximum Gasteiger partial charge on any atom is 0.427 e. The Labute approximate surface area is 148 Å². The molecule has 11 nitrogen and oxygen atoms in total. The molecule has 1 heterocycles. The summed E-state index contributed by atoms with van der Waals surface area (Å²) in [5, 5.41) is 16.9. The summed E-state index contributed by atoms with van der Waals surface area (Å²) in [4.78, 5) is 58.0. The van der Waals surface area contributed by atoms with E-state index in [-0.39, 0.29) is 6.61 Å². The third kappa shape index (κ3) is 4.92. The smallest absolute Gasteiger partial charge is 0.387 e. The molecule has 1 saturated heterocycles. The van der Waals surface area contributed by atoms with Crippen LogP contribution >= 0.6 is 15.5 Å². The van der Waals surface area contributed by atoms with E-state index in [4.69, 9.17) is 19.3 Å². The van der Waals surface area contributed by atoms with Gasteiger partial charge in [-0.1, -0.05) is 30.3 Å². The van der Waals surface area contributed by atoms with Crippen molar-refractivity contribution >= 4 is 21.3 Å². The number of hydrogen-bond acceptors (Lipinski definition) is 9. The van der Waals surface area contributed by atoms with Gasteiger partial charge < -0.3 is 29.5 Å². The molecule has 0 aliphatic carbocycles. The molecule has 5 atom stereocenters. The maximum absolute atomic E-state index is 12.2. The predicted molar refractivity (Wildman–Crippen MR) is 86.3 cm³/mol. The molecule has 1 aromatic carbocycles. The largest absolute Gasteiger partial charge is 0.427 e. The molecule has 0 spiro atoms. The summed E-state index contributed by atoms with van der Waals surface area (Å²) >= 11 is 0. The molecule has 1 fully saturated rings. The molecule has 1 unspecified atom stereocenters. The normalized spacial score (nSPS) is 28.1. The van der Waals surface area contributed by atoms with Crippen LogP contribution in [0.1, 0.15) is 5.56 Å². The van der Waals surface area contributed by atoms with Gasteiger partial charge in [0.25, 0.3) is 0 Å². The van der Waals surface area contributed by atoms with Gasteiger partial charge in [0.05, 0.1) is 6.61 Å². The quantitative estimate of drug-likeness (QED) is 0.256. The van der Waals surface area contributed by atoms with E-state index in [2.05, 4.69) is 0 Å². The lowest BCUT2D eigenvalue weighted by molar-refractivity contribution is -0.175. The van der Waals surface area contributed by atoms with Crippen LogP contribution in [-0.2, 0) is 25.4 Å². The molecule has 1 aromatic rings. The molecule has 7 N–H and O–H groups in total. The third-order valence-corrected chi connectivity index (χ3v) is 7.29.